The van der Waals surface area contributed by atoms with Crippen molar-refractivity contribution in [3.05, 3.63) is 79.7 Å². The predicted octanol–water partition coefficient (Wildman–Crippen LogP) is 4.55. The minimum Gasteiger partial charge on any atom is -0.467 e. The van der Waals surface area contributed by atoms with Gasteiger partial charge in [-0.25, -0.2) is 5.01 Å². The van der Waals surface area contributed by atoms with E-state index in [9.17, 15) is 22.8 Å². The van der Waals surface area contributed by atoms with E-state index in [-0.39, 0.29) is 0 Å². The lowest BCUT2D eigenvalue weighted by molar-refractivity contribution is -0.139. The van der Waals surface area contributed by atoms with Crippen LogP contribution in [-0.4, -0.2) is 21.2 Å². The van der Waals surface area contributed by atoms with Crippen molar-refractivity contribution < 1.29 is 22.4 Å². The maximum atomic E-state index is 13.1. The molecule has 156 valence electrons. The lowest BCUT2D eigenvalue weighted by Gasteiger charge is -2.20. The molecule has 3 aromatic heterocycles. The van der Waals surface area contributed by atoms with Crippen molar-refractivity contribution in [2.24, 2.45) is 5.10 Å². The maximum absolute atomic E-state index is 13.1. The van der Waals surface area contributed by atoms with Crippen molar-refractivity contribution in [2.45, 2.75) is 25.2 Å². The lowest BCUT2D eigenvalue weighted by atomic mass is 10.1. The Labute approximate surface area is 176 Å². The zero-order valence-corrected chi connectivity index (χ0v) is 16.7. The fraction of sp³-hybridized carbons (Fsp3) is 0.211. The number of hydrogen-bond donors (Lipinski definition) is 0. The van der Waals surface area contributed by atoms with Crippen LogP contribution in [0, 0.1) is 0 Å². The van der Waals surface area contributed by atoms with Gasteiger partial charge in [0.25, 0.3) is 11.5 Å². The second kappa shape index (κ2) is 7.77. The second-order valence-electron chi connectivity index (χ2n) is 6.51. The summed E-state index contributed by atoms with van der Waals surface area (Å²) in [6.07, 6.45) is -2.30. The Kier molecular flexibility index (Phi) is 5.29. The van der Waals surface area contributed by atoms with Crippen LogP contribution < -0.4 is 5.56 Å². The third-order valence-corrected chi connectivity index (χ3v) is 5.71. The molecule has 0 saturated carbocycles. The van der Waals surface area contributed by atoms with E-state index in [1.165, 1.54) is 17.6 Å². The largest absolute Gasteiger partial charge is 0.467 e. The minimum atomic E-state index is -4.71. The third-order valence-electron chi connectivity index (χ3n) is 4.52. The number of nitrogens with zero attached hydrogens (tertiary/aromatic N) is 3. The number of carbonyl (C=O) groups is 1. The number of furan rings is 1. The summed E-state index contributed by atoms with van der Waals surface area (Å²) in [6.45, 7) is -0.652. The molecule has 1 aliphatic heterocycles. The first-order valence-corrected chi connectivity index (χ1v) is 9.94. The van der Waals surface area contributed by atoms with Gasteiger partial charge >= 0.3 is 6.18 Å². The summed E-state index contributed by atoms with van der Waals surface area (Å²) in [5.74, 6) is -0.187. The maximum Gasteiger partial charge on any atom is 0.417 e. The van der Waals surface area contributed by atoms with E-state index in [4.69, 9.17) is 16.0 Å². The molecular formula is C19H13ClF3N3O3S. The molecule has 11 heteroatoms. The van der Waals surface area contributed by atoms with Gasteiger partial charge in [0, 0.05) is 12.6 Å². The van der Waals surface area contributed by atoms with Gasteiger partial charge in [-0.15, -0.1) is 11.3 Å². The molecule has 1 amide bonds. The molecule has 0 spiro atoms. The summed E-state index contributed by atoms with van der Waals surface area (Å²) < 4.78 is 45.3. The predicted molar refractivity (Wildman–Crippen MR) is 104 cm³/mol. The van der Waals surface area contributed by atoms with Crippen LogP contribution in [0.5, 0.6) is 0 Å². The Balaban J connectivity index is 1.67. The second-order valence-corrected chi connectivity index (χ2v) is 7.86. The summed E-state index contributed by atoms with van der Waals surface area (Å²) >= 11 is 7.12. The Bertz CT molecular complexity index is 1150. The van der Waals surface area contributed by atoms with E-state index in [0.29, 0.717) is 34.7 Å². The number of amides is 1. The highest BCUT2D eigenvalue weighted by atomic mass is 35.5. The number of aromatic nitrogens is 1. The standard InChI is InChI=1S/C19H13ClF3N3O3S/c20-12-7-11(19(21,22)23)9-25(18(12)28)10-17(27)26-14(15-3-1-5-29-15)8-13(24-26)16-4-2-6-30-16/h1-7,9,14H,8,10H2/t14-/m1/s1. The molecule has 4 rings (SSSR count). The summed E-state index contributed by atoms with van der Waals surface area (Å²) in [4.78, 5) is 26.0. The number of alkyl halides is 3. The summed E-state index contributed by atoms with van der Waals surface area (Å²) in [6, 6.07) is 7.02. The van der Waals surface area contributed by atoms with Gasteiger partial charge in [-0.1, -0.05) is 17.7 Å². The van der Waals surface area contributed by atoms with Crippen LogP contribution in [0.3, 0.4) is 0 Å². The lowest BCUT2D eigenvalue weighted by Crippen LogP contribution is -2.34. The number of hydrazone groups is 1. The van der Waals surface area contributed by atoms with Crippen molar-refractivity contribution >= 4 is 34.6 Å². The molecule has 0 unspecified atom stereocenters. The van der Waals surface area contributed by atoms with Crippen LogP contribution >= 0.6 is 22.9 Å². The topological polar surface area (TPSA) is 67.8 Å². The molecule has 0 aromatic carbocycles. The third kappa shape index (κ3) is 3.92. The van der Waals surface area contributed by atoms with Gasteiger partial charge in [-0.2, -0.15) is 18.3 Å². The highest BCUT2D eigenvalue weighted by molar-refractivity contribution is 7.12. The van der Waals surface area contributed by atoms with E-state index in [2.05, 4.69) is 5.10 Å². The van der Waals surface area contributed by atoms with Crippen LogP contribution in [0.1, 0.15) is 28.7 Å². The van der Waals surface area contributed by atoms with Crippen molar-refractivity contribution in [1.29, 1.82) is 0 Å². The molecule has 4 heterocycles. The van der Waals surface area contributed by atoms with E-state index < -0.39 is 40.8 Å². The average molecular weight is 456 g/mol. The quantitative estimate of drug-likeness (QED) is 0.579. The first-order chi connectivity index (χ1) is 14.2. The summed E-state index contributed by atoms with van der Waals surface area (Å²) in [5, 5.41) is 6.76. The van der Waals surface area contributed by atoms with Gasteiger partial charge in [-0.3, -0.25) is 9.59 Å². The average Bonchev–Trinajstić information content (AvgIpc) is 3.44. The molecule has 0 N–H and O–H groups in total. The van der Waals surface area contributed by atoms with E-state index in [1.54, 1.807) is 12.1 Å². The number of halogens is 4. The molecular weight excluding hydrogens is 443 g/mol. The van der Waals surface area contributed by atoms with Crippen LogP contribution in [-0.2, 0) is 17.5 Å². The smallest absolute Gasteiger partial charge is 0.417 e. The number of carbonyl (C=O) groups excluding carboxylic acids is 1. The van der Waals surface area contributed by atoms with Crippen molar-refractivity contribution in [1.82, 2.24) is 9.58 Å². The fourth-order valence-corrected chi connectivity index (χ4v) is 4.07. The van der Waals surface area contributed by atoms with Gasteiger partial charge < -0.3 is 8.98 Å². The summed E-state index contributed by atoms with van der Waals surface area (Å²) in [7, 11) is 0. The molecule has 0 bridgehead atoms. The van der Waals surface area contributed by atoms with E-state index in [1.807, 2.05) is 17.5 Å². The Hall–Kier alpha value is -2.85. The first kappa shape index (κ1) is 20.4. The van der Waals surface area contributed by atoms with E-state index in [0.717, 1.165) is 9.89 Å². The fourth-order valence-electron chi connectivity index (χ4n) is 3.12. The number of pyridine rings is 1. The SMILES string of the molecule is O=C(Cn1cc(C(F)(F)F)cc(Cl)c1=O)N1N=C(c2cccs2)C[C@@H]1c1ccco1. The molecule has 1 aliphatic rings. The van der Waals surface area contributed by atoms with Gasteiger partial charge in [0.2, 0.25) is 0 Å². The number of thiophene rings is 1. The zero-order chi connectivity index (χ0) is 21.5. The molecule has 1 atom stereocenters. The minimum absolute atomic E-state index is 0.373. The van der Waals surface area contributed by atoms with Gasteiger partial charge in [0.15, 0.2) is 0 Å². The number of hydrogen-bond acceptors (Lipinski definition) is 5. The summed E-state index contributed by atoms with van der Waals surface area (Å²) in [5.41, 5.74) is -1.37. The molecule has 30 heavy (non-hydrogen) atoms. The Morgan fingerprint density at radius 2 is 2.13 bits per heavy atom. The molecule has 6 nitrogen and oxygen atoms in total. The van der Waals surface area contributed by atoms with Gasteiger partial charge in [0.05, 0.1) is 22.4 Å². The van der Waals surface area contributed by atoms with Crippen LogP contribution in [0.25, 0.3) is 0 Å². The molecule has 3 aromatic rings. The van der Waals surface area contributed by atoms with E-state index >= 15 is 0 Å². The Morgan fingerprint density at radius 1 is 1.33 bits per heavy atom. The van der Waals surface area contributed by atoms with Gasteiger partial charge in [-0.05, 0) is 29.6 Å². The first-order valence-electron chi connectivity index (χ1n) is 8.68. The Morgan fingerprint density at radius 3 is 2.77 bits per heavy atom. The highest BCUT2D eigenvalue weighted by Crippen LogP contribution is 2.34. The molecule has 0 radical (unpaired) electrons. The van der Waals surface area contributed by atoms with Gasteiger partial charge in [0.1, 0.15) is 23.4 Å². The van der Waals surface area contributed by atoms with Crippen LogP contribution in [0.4, 0.5) is 13.2 Å². The van der Waals surface area contributed by atoms with Crippen LogP contribution in [0.15, 0.2) is 62.5 Å². The van der Waals surface area contributed by atoms with Crippen LogP contribution in [0.2, 0.25) is 5.02 Å². The number of rotatable bonds is 4. The monoisotopic (exact) mass is 455 g/mol. The zero-order valence-electron chi connectivity index (χ0n) is 15.1. The molecule has 0 fully saturated rings. The van der Waals surface area contributed by atoms with Crippen molar-refractivity contribution in [2.75, 3.05) is 0 Å². The normalized spacial score (nSPS) is 16.7. The highest BCUT2D eigenvalue weighted by Gasteiger charge is 2.36. The van der Waals surface area contributed by atoms with Crippen molar-refractivity contribution in [3.63, 3.8) is 0 Å². The molecule has 0 aliphatic carbocycles. The van der Waals surface area contributed by atoms with Crippen molar-refractivity contribution in [3.8, 4) is 0 Å². The molecule has 0 saturated heterocycles.